The summed E-state index contributed by atoms with van der Waals surface area (Å²) >= 11 is 0. The number of fused-ring (bicyclic) bond motifs is 2. The van der Waals surface area contributed by atoms with Gasteiger partial charge in [-0.3, -0.25) is 24.4 Å². The molecule has 1 fully saturated rings. The average Bonchev–Trinajstić information content (AvgIpc) is 3.62. The van der Waals surface area contributed by atoms with E-state index in [1.165, 1.54) is 24.0 Å². The second-order valence-corrected chi connectivity index (χ2v) is 16.3. The van der Waals surface area contributed by atoms with Gasteiger partial charge in [-0.15, -0.1) is 5.10 Å². The molecule has 1 saturated heterocycles. The molecule has 15 heteroatoms. The first-order chi connectivity index (χ1) is 21.3. The van der Waals surface area contributed by atoms with Gasteiger partial charge in [0.25, 0.3) is 17.5 Å². The molecule has 14 nitrogen and oxygen atoms in total. The van der Waals surface area contributed by atoms with Crippen LogP contribution in [-0.2, 0) is 39.4 Å². The molecule has 2 aromatic carbocycles. The van der Waals surface area contributed by atoms with E-state index >= 15 is 0 Å². The summed E-state index contributed by atoms with van der Waals surface area (Å²) in [6.07, 6.45) is 0.740. The van der Waals surface area contributed by atoms with Crippen LogP contribution >= 0.6 is 0 Å². The predicted molar refractivity (Wildman–Crippen MR) is 166 cm³/mol. The van der Waals surface area contributed by atoms with Gasteiger partial charge in [0.05, 0.1) is 29.0 Å². The predicted octanol–water partition coefficient (Wildman–Crippen LogP) is 2.48. The Morgan fingerprint density at radius 2 is 2.02 bits per heavy atom. The third kappa shape index (κ3) is 6.13. The van der Waals surface area contributed by atoms with Crippen molar-refractivity contribution >= 4 is 37.2 Å². The minimum Gasteiger partial charge on any atom is -0.432 e. The van der Waals surface area contributed by atoms with E-state index in [-0.39, 0.29) is 24.7 Å². The summed E-state index contributed by atoms with van der Waals surface area (Å²) in [7, 11) is -2.97. The second kappa shape index (κ2) is 12.4. The van der Waals surface area contributed by atoms with E-state index < -0.39 is 48.4 Å². The first-order valence-electron chi connectivity index (χ1n) is 14.8. The lowest BCUT2D eigenvalue weighted by Gasteiger charge is -2.32. The van der Waals surface area contributed by atoms with Crippen LogP contribution in [0.15, 0.2) is 48.7 Å². The molecule has 5 atom stereocenters. The first-order valence-corrected chi connectivity index (χ1v) is 17.9. The smallest absolute Gasteiger partial charge is 0.269 e. The van der Waals surface area contributed by atoms with E-state index in [0.29, 0.717) is 47.6 Å². The normalized spacial score (nSPS) is 23.4. The number of ether oxygens (including phenoxy) is 1. The summed E-state index contributed by atoms with van der Waals surface area (Å²) in [5.74, 6) is -1.48. The number of benzene rings is 2. The van der Waals surface area contributed by atoms with Crippen molar-refractivity contribution in [3.05, 3.63) is 75.6 Å². The summed E-state index contributed by atoms with van der Waals surface area (Å²) in [6.45, 7) is 7.24. The Hall–Kier alpha value is -4.02. The van der Waals surface area contributed by atoms with Crippen LogP contribution in [0.5, 0.6) is 0 Å². The number of nitrogens with zero attached hydrogens (tertiary/aromatic N) is 5. The van der Waals surface area contributed by atoms with Gasteiger partial charge in [0, 0.05) is 60.6 Å². The zero-order valence-electron chi connectivity index (χ0n) is 25.6. The van der Waals surface area contributed by atoms with Gasteiger partial charge in [0.1, 0.15) is 6.10 Å². The van der Waals surface area contributed by atoms with Crippen LogP contribution in [0.1, 0.15) is 37.1 Å². The standard InChI is InChI=1S/C30H38N6O8Si/c1-18-27(45(3,4)43)26(10-12-34-17-22(11-13-37)32-33-34)44-30(18)24-15-23(36(41)42)8-9-25(24)35(29(30)40)16-20-6-5-7-21(14-20)31-28(39)19(2)38/h5-9,14-15,17-19,26-27,37-38,43H,10-13,16H2,1-4H3,(H,31,39)/t18-,19-,26+,27-,30+/m0/s1. The Morgan fingerprint density at radius 1 is 1.27 bits per heavy atom. The molecule has 2 amide bonds. The van der Waals surface area contributed by atoms with Crippen molar-refractivity contribution in [1.29, 1.82) is 0 Å². The van der Waals surface area contributed by atoms with Gasteiger partial charge in [-0.05, 0) is 50.2 Å². The molecule has 5 rings (SSSR count). The molecular formula is C30H38N6O8Si. The van der Waals surface area contributed by atoms with Crippen molar-refractivity contribution < 1.29 is 34.3 Å². The quantitative estimate of drug-likeness (QED) is 0.138. The highest BCUT2D eigenvalue weighted by Gasteiger charge is 2.66. The number of aryl methyl sites for hydroxylation is 1. The third-order valence-corrected chi connectivity index (χ3v) is 11.2. The molecule has 3 aromatic rings. The van der Waals surface area contributed by atoms with Crippen molar-refractivity contribution in [2.45, 2.75) is 76.2 Å². The van der Waals surface area contributed by atoms with Gasteiger partial charge < -0.3 is 30.0 Å². The number of nitro groups is 1. The molecule has 3 heterocycles. The number of carbonyl (C=O) groups is 2. The number of amides is 2. The fraction of sp³-hybridized carbons (Fsp3) is 0.467. The summed E-state index contributed by atoms with van der Waals surface area (Å²) < 4.78 is 8.39. The summed E-state index contributed by atoms with van der Waals surface area (Å²) in [5, 5.41) is 41.5. The topological polar surface area (TPSA) is 193 Å². The lowest BCUT2D eigenvalue weighted by Crippen LogP contribution is -2.46. The van der Waals surface area contributed by atoms with Gasteiger partial charge in [-0.25, -0.2) is 0 Å². The van der Waals surface area contributed by atoms with Crippen LogP contribution in [0.2, 0.25) is 18.6 Å². The van der Waals surface area contributed by atoms with E-state index in [1.807, 2.05) is 6.92 Å². The van der Waals surface area contributed by atoms with Crippen LogP contribution in [0.3, 0.4) is 0 Å². The lowest BCUT2D eigenvalue weighted by molar-refractivity contribution is -0.385. The molecule has 0 unspecified atom stereocenters. The van der Waals surface area contributed by atoms with Gasteiger partial charge in [-0.2, -0.15) is 0 Å². The number of rotatable bonds is 11. The molecule has 0 radical (unpaired) electrons. The Balaban J connectivity index is 1.51. The average molecular weight is 639 g/mol. The molecular weight excluding hydrogens is 600 g/mol. The summed E-state index contributed by atoms with van der Waals surface area (Å²) in [6, 6.07) is 11.2. The minimum absolute atomic E-state index is 0.0538. The molecule has 0 aliphatic carbocycles. The molecule has 2 aliphatic heterocycles. The number of non-ortho nitro benzene ring substituents is 1. The van der Waals surface area contributed by atoms with Crippen LogP contribution in [0.25, 0.3) is 0 Å². The van der Waals surface area contributed by atoms with Gasteiger partial charge in [-0.1, -0.05) is 24.3 Å². The Labute approximate surface area is 260 Å². The maximum Gasteiger partial charge on any atom is 0.269 e. The fourth-order valence-corrected chi connectivity index (χ4v) is 9.32. The molecule has 4 N–H and O–H groups in total. The number of nitrogens with one attached hydrogen (secondary N) is 1. The van der Waals surface area contributed by atoms with Crippen molar-refractivity contribution in [2.75, 3.05) is 16.8 Å². The number of hydrogen-bond donors (Lipinski definition) is 4. The van der Waals surface area contributed by atoms with E-state index in [2.05, 4.69) is 15.6 Å². The number of carbonyl (C=O) groups excluding carboxylic acids is 2. The van der Waals surface area contributed by atoms with E-state index in [0.717, 1.165) is 0 Å². The van der Waals surface area contributed by atoms with Crippen LogP contribution in [-0.4, -0.2) is 73.9 Å². The van der Waals surface area contributed by atoms with E-state index in [4.69, 9.17) is 4.74 Å². The zero-order valence-corrected chi connectivity index (χ0v) is 26.6. The third-order valence-electron chi connectivity index (χ3n) is 8.69. The van der Waals surface area contributed by atoms with Gasteiger partial charge >= 0.3 is 0 Å². The Kier molecular flexibility index (Phi) is 8.92. The number of anilines is 2. The maximum absolute atomic E-state index is 14.6. The van der Waals surface area contributed by atoms with Crippen LogP contribution in [0, 0.1) is 16.0 Å². The monoisotopic (exact) mass is 638 g/mol. The number of nitro benzene ring substituents is 1. The molecule has 2 aliphatic rings. The molecule has 1 aromatic heterocycles. The highest BCUT2D eigenvalue weighted by Crippen LogP contribution is 2.60. The minimum atomic E-state index is -2.97. The summed E-state index contributed by atoms with van der Waals surface area (Å²) in [4.78, 5) is 51.1. The van der Waals surface area contributed by atoms with Crippen LogP contribution in [0.4, 0.5) is 17.1 Å². The largest absolute Gasteiger partial charge is 0.432 e. The Bertz CT molecular complexity index is 1610. The van der Waals surface area contributed by atoms with Crippen molar-refractivity contribution in [3.63, 3.8) is 0 Å². The Morgan fingerprint density at radius 3 is 2.69 bits per heavy atom. The maximum atomic E-state index is 14.6. The van der Waals surface area contributed by atoms with Crippen molar-refractivity contribution in [3.8, 4) is 0 Å². The SMILES string of the molecule is C[C@H](O)C(=O)Nc1cccc(CN2C(=O)[C@]3(O[C@H](CCn4cc(CCO)nn4)[C@@H]([Si](C)(C)O)[C@@H]3C)c3cc([N+](=O)[O-])ccc32)c1. The first kappa shape index (κ1) is 32.4. The molecule has 0 bridgehead atoms. The highest BCUT2D eigenvalue weighted by molar-refractivity contribution is 6.71. The fourth-order valence-electron chi connectivity index (χ4n) is 6.72. The molecule has 240 valence electrons. The summed E-state index contributed by atoms with van der Waals surface area (Å²) in [5.41, 5.74) is 0.453. The highest BCUT2D eigenvalue weighted by atomic mass is 28.4. The van der Waals surface area contributed by atoms with Crippen molar-refractivity contribution in [2.24, 2.45) is 5.92 Å². The zero-order chi connectivity index (χ0) is 32.7. The molecule has 0 saturated carbocycles. The second-order valence-electron chi connectivity index (χ2n) is 12.3. The van der Waals surface area contributed by atoms with E-state index in [1.54, 1.807) is 54.3 Å². The van der Waals surface area contributed by atoms with Crippen LogP contribution < -0.4 is 10.2 Å². The molecule has 45 heavy (non-hydrogen) atoms. The van der Waals surface area contributed by atoms with Gasteiger partial charge in [0.2, 0.25) is 0 Å². The molecule has 1 spiro atoms. The number of aliphatic hydroxyl groups is 2. The number of aromatic nitrogens is 3. The number of hydrogen-bond acceptors (Lipinski definition) is 10. The van der Waals surface area contributed by atoms with Gasteiger partial charge in [0.15, 0.2) is 13.9 Å². The number of aliphatic hydroxyl groups excluding tert-OH is 2. The van der Waals surface area contributed by atoms with Crippen molar-refractivity contribution in [1.82, 2.24) is 15.0 Å². The lowest BCUT2D eigenvalue weighted by atomic mass is 9.82. The van der Waals surface area contributed by atoms with E-state index in [9.17, 15) is 34.7 Å².